The van der Waals surface area contributed by atoms with E-state index in [1.165, 1.54) is 12.0 Å². The first-order chi connectivity index (χ1) is 10.8. The molecule has 4 aliphatic carbocycles. The highest BCUT2D eigenvalue weighted by atomic mass is 16.4. The minimum Gasteiger partial charge on any atom is -0.550 e. The molecule has 4 rings (SSSR count). The maximum Gasteiger partial charge on any atom is 0.123 e. The van der Waals surface area contributed by atoms with Crippen LogP contribution in [0.4, 0.5) is 0 Å². The molecule has 2 bridgehead atoms. The molecule has 0 aromatic heterocycles. The first-order valence-corrected chi connectivity index (χ1v) is 9.14. The lowest BCUT2D eigenvalue weighted by atomic mass is 9.53. The normalized spacial score (nSPS) is 54.4. The maximum absolute atomic E-state index is 12.2. The average Bonchev–Trinajstić information content (AvgIpc) is 2.87. The number of carbonyl (C=O) groups excluding carboxylic acids is 2. The van der Waals surface area contributed by atoms with E-state index in [1.54, 1.807) is 0 Å². The molecule has 4 aliphatic rings. The quantitative estimate of drug-likeness (QED) is 0.581. The van der Waals surface area contributed by atoms with Crippen molar-refractivity contribution in [3.63, 3.8) is 0 Å². The molecule has 126 valence electrons. The maximum atomic E-state index is 12.2. The van der Waals surface area contributed by atoms with Gasteiger partial charge >= 0.3 is 0 Å². The van der Waals surface area contributed by atoms with Crippen LogP contribution in [0, 0.1) is 39.9 Å². The van der Waals surface area contributed by atoms with Crippen molar-refractivity contribution in [1.29, 1.82) is 0 Å². The zero-order valence-electron chi connectivity index (χ0n) is 14.3. The number of aliphatic carboxylic acids is 1. The van der Waals surface area contributed by atoms with Crippen molar-refractivity contribution in [2.24, 2.45) is 39.9 Å². The summed E-state index contributed by atoms with van der Waals surface area (Å²) >= 11 is 0. The Balaban J connectivity index is 1.90. The van der Waals surface area contributed by atoms with Crippen LogP contribution in [0.1, 0.15) is 58.8 Å². The van der Waals surface area contributed by atoms with Crippen molar-refractivity contribution < 1.29 is 14.7 Å². The van der Waals surface area contributed by atoms with E-state index in [0.717, 1.165) is 38.4 Å². The van der Waals surface area contributed by atoms with Gasteiger partial charge in [-0.3, -0.25) is 0 Å². The van der Waals surface area contributed by atoms with Crippen molar-refractivity contribution in [3.8, 4) is 0 Å². The molecule has 3 nitrogen and oxygen atoms in total. The van der Waals surface area contributed by atoms with E-state index in [4.69, 9.17) is 0 Å². The third kappa shape index (κ3) is 1.62. The highest BCUT2D eigenvalue weighted by Gasteiger charge is 2.72. The summed E-state index contributed by atoms with van der Waals surface area (Å²) in [6, 6.07) is 0. The number of rotatable bonds is 2. The number of carboxylic acids is 1. The van der Waals surface area contributed by atoms with E-state index in [1.807, 2.05) is 6.92 Å². The van der Waals surface area contributed by atoms with Gasteiger partial charge in [0.25, 0.3) is 0 Å². The molecular weight excluding hydrogens is 288 g/mol. The van der Waals surface area contributed by atoms with Gasteiger partial charge in [0, 0.05) is 17.3 Å². The summed E-state index contributed by atoms with van der Waals surface area (Å²) in [5.41, 5.74) is 0.359. The molecule has 23 heavy (non-hydrogen) atoms. The molecule has 0 amide bonds. The molecular formula is C20H27O3-. The van der Waals surface area contributed by atoms with Gasteiger partial charge in [0.15, 0.2) is 0 Å². The van der Waals surface area contributed by atoms with Crippen LogP contribution >= 0.6 is 0 Å². The second-order valence-electron chi connectivity index (χ2n) is 9.30. The van der Waals surface area contributed by atoms with Crippen molar-refractivity contribution in [2.45, 2.75) is 58.8 Å². The SMILES string of the molecule is C=C1C[C@]23C[C@H]1CC[C@H]2[C@]1(C)CCC[C@@](C)(C(=O)[O-])[C@H]1[C@@H]3C=O. The Morgan fingerprint density at radius 3 is 2.70 bits per heavy atom. The van der Waals surface area contributed by atoms with E-state index in [9.17, 15) is 14.7 Å². The molecule has 4 saturated carbocycles. The number of carbonyl (C=O) groups is 2. The van der Waals surface area contributed by atoms with Gasteiger partial charge in [-0.25, -0.2) is 0 Å². The minimum absolute atomic E-state index is 0.0256. The van der Waals surface area contributed by atoms with Gasteiger partial charge in [-0.1, -0.05) is 32.4 Å². The van der Waals surface area contributed by atoms with Crippen molar-refractivity contribution >= 4 is 12.3 Å². The molecule has 0 heterocycles. The standard InChI is InChI=1S/C20H28O3/c1-12-9-20-10-13(12)5-6-15(20)18(2)7-4-8-19(3,17(22)23)16(18)14(20)11-21/h11,13-16H,1,4-10H2,2-3H3,(H,22,23)/p-1/t13-,14+,15+,16+,18+,19-,20-/m1/s1. The molecule has 0 unspecified atom stereocenters. The first kappa shape index (κ1) is 15.4. The van der Waals surface area contributed by atoms with Crippen LogP contribution < -0.4 is 5.11 Å². The topological polar surface area (TPSA) is 57.2 Å². The number of carboxylic acid groups (broad SMARTS) is 1. The zero-order chi connectivity index (χ0) is 16.6. The summed E-state index contributed by atoms with van der Waals surface area (Å²) in [5, 5.41) is 12.1. The van der Waals surface area contributed by atoms with Crippen molar-refractivity contribution in [1.82, 2.24) is 0 Å². The van der Waals surface area contributed by atoms with Crippen LogP contribution in [0.2, 0.25) is 0 Å². The molecule has 3 heteroatoms. The van der Waals surface area contributed by atoms with E-state index in [2.05, 4.69) is 13.5 Å². The van der Waals surface area contributed by atoms with Gasteiger partial charge in [0.05, 0.1) is 0 Å². The highest BCUT2D eigenvalue weighted by Crippen LogP contribution is 2.77. The molecule has 0 N–H and O–H groups in total. The molecule has 1 spiro atoms. The van der Waals surface area contributed by atoms with E-state index in [-0.39, 0.29) is 22.7 Å². The minimum atomic E-state index is -0.955. The van der Waals surface area contributed by atoms with Gasteiger partial charge in [0.2, 0.25) is 0 Å². The van der Waals surface area contributed by atoms with Crippen LogP contribution in [0.15, 0.2) is 12.2 Å². The summed E-state index contributed by atoms with van der Waals surface area (Å²) < 4.78 is 0. The van der Waals surface area contributed by atoms with Crippen LogP contribution in [-0.2, 0) is 9.59 Å². The number of hydrogen-bond acceptors (Lipinski definition) is 3. The van der Waals surface area contributed by atoms with E-state index >= 15 is 0 Å². The summed E-state index contributed by atoms with van der Waals surface area (Å²) in [5.74, 6) is -0.177. The molecule has 0 aromatic rings. The molecule has 0 saturated heterocycles. The van der Waals surface area contributed by atoms with E-state index < -0.39 is 11.4 Å². The Morgan fingerprint density at radius 2 is 2.04 bits per heavy atom. The Kier molecular flexibility index (Phi) is 3.01. The van der Waals surface area contributed by atoms with Crippen molar-refractivity contribution in [3.05, 3.63) is 12.2 Å². The third-order valence-electron chi connectivity index (χ3n) is 8.50. The van der Waals surface area contributed by atoms with Gasteiger partial charge in [-0.2, -0.15) is 0 Å². The number of fused-ring (bicyclic) bond motifs is 3. The Morgan fingerprint density at radius 1 is 1.30 bits per heavy atom. The monoisotopic (exact) mass is 315 g/mol. The fourth-order valence-electron chi connectivity index (χ4n) is 7.79. The van der Waals surface area contributed by atoms with E-state index in [0.29, 0.717) is 18.3 Å². The number of hydrogen-bond donors (Lipinski definition) is 0. The van der Waals surface area contributed by atoms with Crippen molar-refractivity contribution in [2.75, 3.05) is 0 Å². The van der Waals surface area contributed by atoms with Gasteiger partial charge < -0.3 is 14.7 Å². The van der Waals surface area contributed by atoms with Crippen LogP contribution in [0.25, 0.3) is 0 Å². The number of aldehydes is 1. The fourth-order valence-corrected chi connectivity index (χ4v) is 7.79. The Bertz CT molecular complexity index is 596. The Labute approximate surface area is 138 Å². The second kappa shape index (κ2) is 4.49. The third-order valence-corrected chi connectivity index (χ3v) is 8.50. The first-order valence-electron chi connectivity index (χ1n) is 9.14. The van der Waals surface area contributed by atoms with Crippen LogP contribution in [-0.4, -0.2) is 12.3 Å². The van der Waals surface area contributed by atoms with Gasteiger partial charge in [0.1, 0.15) is 6.29 Å². The predicted molar refractivity (Wildman–Crippen MR) is 85.1 cm³/mol. The summed E-state index contributed by atoms with van der Waals surface area (Å²) in [6.07, 6.45) is 8.01. The zero-order valence-corrected chi connectivity index (χ0v) is 14.3. The molecule has 0 aromatic carbocycles. The molecule has 4 fully saturated rings. The molecule has 7 atom stereocenters. The second-order valence-corrected chi connectivity index (χ2v) is 9.30. The van der Waals surface area contributed by atoms with Crippen LogP contribution in [0.3, 0.4) is 0 Å². The molecule has 0 radical (unpaired) electrons. The lowest BCUT2D eigenvalue weighted by Crippen LogP contribution is -2.54. The lowest BCUT2D eigenvalue weighted by Gasteiger charge is -2.52. The smallest absolute Gasteiger partial charge is 0.123 e. The largest absolute Gasteiger partial charge is 0.550 e. The average molecular weight is 315 g/mol. The van der Waals surface area contributed by atoms with Gasteiger partial charge in [-0.05, 0) is 67.1 Å². The summed E-state index contributed by atoms with van der Waals surface area (Å²) in [7, 11) is 0. The van der Waals surface area contributed by atoms with Crippen LogP contribution in [0.5, 0.6) is 0 Å². The summed E-state index contributed by atoms with van der Waals surface area (Å²) in [4.78, 5) is 24.3. The highest BCUT2D eigenvalue weighted by molar-refractivity contribution is 5.75. The summed E-state index contributed by atoms with van der Waals surface area (Å²) in [6.45, 7) is 8.40. The van der Waals surface area contributed by atoms with Gasteiger partial charge in [-0.15, -0.1) is 0 Å². The predicted octanol–water partition coefficient (Wildman–Crippen LogP) is 2.74. The Hall–Kier alpha value is -1.12. The molecule has 0 aliphatic heterocycles. The fraction of sp³-hybridized carbons (Fsp3) is 0.800. The number of allylic oxidation sites excluding steroid dienone is 1. The lowest BCUT2D eigenvalue weighted by molar-refractivity contribution is -0.325.